The zero-order chi connectivity index (χ0) is 13.2. The van der Waals surface area contributed by atoms with Crippen LogP contribution in [0.15, 0.2) is 24.3 Å². The molecule has 1 aliphatic heterocycles. The van der Waals surface area contributed by atoms with E-state index in [1.807, 2.05) is 36.7 Å². The van der Waals surface area contributed by atoms with Crippen molar-refractivity contribution in [1.29, 1.82) is 0 Å². The molecular weight excluding hydrogens is 240 g/mol. The molecule has 0 amide bonds. The summed E-state index contributed by atoms with van der Waals surface area (Å²) in [6, 6.07) is 8.37. The normalized spacial score (nSPS) is 17.7. The molecule has 0 radical (unpaired) electrons. The highest BCUT2D eigenvalue weighted by Crippen LogP contribution is 2.33. The van der Waals surface area contributed by atoms with Crippen molar-refractivity contribution in [2.24, 2.45) is 0 Å². The number of anilines is 1. The molecule has 2 aromatic rings. The molecule has 2 heterocycles. The Morgan fingerprint density at radius 1 is 1.42 bits per heavy atom. The molecule has 1 atom stereocenters. The number of ether oxygens (including phenoxy) is 1. The molecule has 0 saturated heterocycles. The number of fused-ring (bicyclic) bond motifs is 1. The first-order valence-electron chi connectivity index (χ1n) is 6.68. The molecule has 5 heteroatoms. The third-order valence-electron chi connectivity index (χ3n) is 3.31. The minimum absolute atomic E-state index is 0.195. The van der Waals surface area contributed by atoms with Gasteiger partial charge in [0, 0.05) is 12.1 Å². The summed E-state index contributed by atoms with van der Waals surface area (Å²) < 4.78 is 7.70. The van der Waals surface area contributed by atoms with Crippen molar-refractivity contribution in [3.05, 3.63) is 35.7 Å². The first-order valence-corrected chi connectivity index (χ1v) is 6.68. The van der Waals surface area contributed by atoms with Gasteiger partial charge in [-0.2, -0.15) is 10.1 Å². The molecule has 0 bridgehead atoms. The Labute approximate surface area is 112 Å². The molecular formula is C14H18N4O. The summed E-state index contributed by atoms with van der Waals surface area (Å²) in [6.07, 6.45) is 0.986. The molecule has 100 valence electrons. The van der Waals surface area contributed by atoms with Crippen LogP contribution in [0.25, 0.3) is 0 Å². The van der Waals surface area contributed by atoms with E-state index in [1.54, 1.807) is 0 Å². The molecule has 0 aliphatic carbocycles. The van der Waals surface area contributed by atoms with Crippen LogP contribution in [0, 0.1) is 6.92 Å². The van der Waals surface area contributed by atoms with Gasteiger partial charge in [0.2, 0.25) is 5.95 Å². The number of benzene rings is 1. The topological polar surface area (TPSA) is 52.0 Å². The van der Waals surface area contributed by atoms with Gasteiger partial charge in [0.25, 0.3) is 0 Å². The second-order valence-electron chi connectivity index (χ2n) is 4.63. The van der Waals surface area contributed by atoms with Gasteiger partial charge >= 0.3 is 0 Å². The van der Waals surface area contributed by atoms with Gasteiger partial charge in [-0.1, -0.05) is 18.2 Å². The number of para-hydroxylation sites is 1. The average molecular weight is 258 g/mol. The lowest BCUT2D eigenvalue weighted by Crippen LogP contribution is -2.25. The van der Waals surface area contributed by atoms with E-state index < -0.39 is 0 Å². The molecule has 19 heavy (non-hydrogen) atoms. The van der Waals surface area contributed by atoms with Crippen LogP contribution in [-0.4, -0.2) is 27.9 Å². The van der Waals surface area contributed by atoms with Crippen LogP contribution in [0.3, 0.4) is 0 Å². The fourth-order valence-corrected chi connectivity index (χ4v) is 2.54. The van der Waals surface area contributed by atoms with Crippen LogP contribution >= 0.6 is 0 Å². The maximum atomic E-state index is 5.73. The van der Waals surface area contributed by atoms with E-state index in [0.717, 1.165) is 30.5 Å². The zero-order valence-electron chi connectivity index (χ0n) is 11.3. The van der Waals surface area contributed by atoms with Crippen LogP contribution < -0.4 is 10.1 Å². The molecule has 3 rings (SSSR count). The van der Waals surface area contributed by atoms with Crippen molar-refractivity contribution in [1.82, 2.24) is 14.8 Å². The van der Waals surface area contributed by atoms with E-state index in [4.69, 9.17) is 4.74 Å². The van der Waals surface area contributed by atoms with Crippen LogP contribution in [0.1, 0.15) is 30.8 Å². The number of aromatic nitrogens is 3. The summed E-state index contributed by atoms with van der Waals surface area (Å²) in [5.74, 6) is 2.58. The average Bonchev–Trinajstić information content (AvgIpc) is 2.80. The Morgan fingerprint density at radius 2 is 2.26 bits per heavy atom. The summed E-state index contributed by atoms with van der Waals surface area (Å²) in [5.41, 5.74) is 1.18. The van der Waals surface area contributed by atoms with Gasteiger partial charge in [-0.25, -0.2) is 4.68 Å². The number of rotatable bonds is 3. The lowest BCUT2D eigenvalue weighted by Gasteiger charge is -2.26. The molecule has 1 aromatic carbocycles. The largest absolute Gasteiger partial charge is 0.494 e. The maximum absolute atomic E-state index is 5.73. The highest BCUT2D eigenvalue weighted by molar-refractivity contribution is 5.40. The third kappa shape index (κ3) is 2.16. The summed E-state index contributed by atoms with van der Waals surface area (Å²) in [5, 5.41) is 7.78. The fourth-order valence-electron chi connectivity index (χ4n) is 2.54. The first-order chi connectivity index (χ1) is 9.29. The van der Waals surface area contributed by atoms with Gasteiger partial charge in [-0.05, 0) is 26.3 Å². The van der Waals surface area contributed by atoms with Crippen LogP contribution in [0.5, 0.6) is 5.75 Å². The lowest BCUT2D eigenvalue weighted by atomic mass is 10.0. The number of hydrogen-bond donors (Lipinski definition) is 1. The Balaban J connectivity index is 2.03. The van der Waals surface area contributed by atoms with Crippen molar-refractivity contribution in [3.8, 4) is 5.75 Å². The second-order valence-corrected chi connectivity index (χ2v) is 4.63. The number of nitrogens with one attached hydrogen (secondary N) is 1. The first kappa shape index (κ1) is 12.0. The zero-order valence-corrected chi connectivity index (χ0v) is 11.3. The predicted molar refractivity (Wildman–Crippen MR) is 73.6 cm³/mol. The van der Waals surface area contributed by atoms with E-state index in [9.17, 15) is 0 Å². The smallest absolute Gasteiger partial charge is 0.221 e. The molecule has 1 aliphatic rings. The SMILES string of the molecule is CCOc1ccccc1C1CCNc2nc(C)nn21. The Hall–Kier alpha value is -2.04. The van der Waals surface area contributed by atoms with Crippen molar-refractivity contribution in [3.63, 3.8) is 0 Å². The van der Waals surface area contributed by atoms with E-state index in [1.165, 1.54) is 5.56 Å². The van der Waals surface area contributed by atoms with Crippen LogP contribution in [-0.2, 0) is 0 Å². The molecule has 0 fully saturated rings. The summed E-state index contributed by atoms with van der Waals surface area (Å²) in [7, 11) is 0. The van der Waals surface area contributed by atoms with Crippen molar-refractivity contribution < 1.29 is 4.74 Å². The van der Waals surface area contributed by atoms with Gasteiger partial charge in [0.1, 0.15) is 11.6 Å². The van der Waals surface area contributed by atoms with Crippen molar-refractivity contribution in [2.75, 3.05) is 18.5 Å². The molecule has 1 aromatic heterocycles. The van der Waals surface area contributed by atoms with Gasteiger partial charge in [-0.15, -0.1) is 0 Å². The quantitative estimate of drug-likeness (QED) is 0.918. The second kappa shape index (κ2) is 4.91. The Bertz CT molecular complexity index is 579. The van der Waals surface area contributed by atoms with E-state index in [-0.39, 0.29) is 6.04 Å². The van der Waals surface area contributed by atoms with E-state index in [2.05, 4.69) is 21.5 Å². The Kier molecular flexibility index (Phi) is 3.11. The van der Waals surface area contributed by atoms with Crippen LogP contribution in [0.2, 0.25) is 0 Å². The van der Waals surface area contributed by atoms with Gasteiger partial charge in [0.05, 0.1) is 12.6 Å². The third-order valence-corrected chi connectivity index (χ3v) is 3.31. The number of aryl methyl sites for hydroxylation is 1. The van der Waals surface area contributed by atoms with E-state index in [0.29, 0.717) is 6.61 Å². The molecule has 1 unspecified atom stereocenters. The molecule has 1 N–H and O–H groups in total. The summed E-state index contributed by atoms with van der Waals surface area (Å²) >= 11 is 0. The van der Waals surface area contributed by atoms with Crippen molar-refractivity contribution in [2.45, 2.75) is 26.3 Å². The maximum Gasteiger partial charge on any atom is 0.221 e. The minimum atomic E-state index is 0.195. The molecule has 5 nitrogen and oxygen atoms in total. The van der Waals surface area contributed by atoms with Gasteiger partial charge < -0.3 is 10.1 Å². The van der Waals surface area contributed by atoms with Gasteiger partial charge in [-0.3, -0.25) is 0 Å². The highest BCUT2D eigenvalue weighted by atomic mass is 16.5. The lowest BCUT2D eigenvalue weighted by molar-refractivity contribution is 0.328. The predicted octanol–water partition coefficient (Wildman–Crippen LogP) is 2.39. The van der Waals surface area contributed by atoms with Gasteiger partial charge in [0.15, 0.2) is 0 Å². The number of nitrogens with zero attached hydrogens (tertiary/aromatic N) is 3. The van der Waals surface area contributed by atoms with E-state index >= 15 is 0 Å². The van der Waals surface area contributed by atoms with Crippen LogP contribution in [0.4, 0.5) is 5.95 Å². The Morgan fingerprint density at radius 3 is 3.11 bits per heavy atom. The van der Waals surface area contributed by atoms with Crippen molar-refractivity contribution >= 4 is 5.95 Å². The fraction of sp³-hybridized carbons (Fsp3) is 0.429. The monoisotopic (exact) mass is 258 g/mol. The summed E-state index contributed by atoms with van der Waals surface area (Å²) in [4.78, 5) is 4.40. The minimum Gasteiger partial charge on any atom is -0.494 e. The molecule has 0 spiro atoms. The summed E-state index contributed by atoms with van der Waals surface area (Å²) in [6.45, 7) is 5.50. The molecule has 0 saturated carbocycles. The number of hydrogen-bond acceptors (Lipinski definition) is 4. The highest BCUT2D eigenvalue weighted by Gasteiger charge is 2.25. The standard InChI is InChI=1S/C14H18N4O/c1-3-19-13-7-5-4-6-11(13)12-8-9-15-14-16-10(2)17-18(12)14/h4-7,12H,3,8-9H2,1-2H3,(H,15,16,17).